The second-order valence-corrected chi connectivity index (χ2v) is 7.20. The van der Waals surface area contributed by atoms with Crippen molar-refractivity contribution in [2.75, 3.05) is 24.4 Å². The molecular weight excluding hydrogens is 288 g/mol. The van der Waals surface area contributed by atoms with Gasteiger partial charge in [0.2, 0.25) is 0 Å². The second-order valence-electron chi connectivity index (χ2n) is 5.24. The summed E-state index contributed by atoms with van der Waals surface area (Å²) in [6, 6.07) is 6.93. The maximum Gasteiger partial charge on any atom is 0.304 e. The van der Waals surface area contributed by atoms with Crippen molar-refractivity contribution in [2.45, 2.75) is 26.1 Å². The van der Waals surface area contributed by atoms with Gasteiger partial charge in [0.1, 0.15) is 0 Å². The van der Waals surface area contributed by atoms with Gasteiger partial charge < -0.3 is 4.74 Å². The van der Waals surface area contributed by atoms with Crippen LogP contribution in [0.3, 0.4) is 0 Å². The number of rotatable bonds is 3. The topological polar surface area (TPSA) is 49.9 Å². The molecule has 0 aliphatic carbocycles. The van der Waals surface area contributed by atoms with Crippen LogP contribution in [0, 0.1) is 12.3 Å². The molecule has 1 saturated heterocycles. The van der Waals surface area contributed by atoms with Crippen molar-refractivity contribution in [3.63, 3.8) is 0 Å². The zero-order valence-corrected chi connectivity index (χ0v) is 13.3. The van der Waals surface area contributed by atoms with Crippen LogP contribution >= 0.6 is 0 Å². The lowest BCUT2D eigenvalue weighted by Gasteiger charge is -2.36. The minimum absolute atomic E-state index is 0.117. The molecule has 1 aromatic rings. The Balaban J connectivity index is 2.28. The third-order valence-electron chi connectivity index (χ3n) is 3.43. The van der Waals surface area contributed by atoms with Crippen LogP contribution < -0.4 is 4.31 Å². The molecule has 2 atom stereocenters. The van der Waals surface area contributed by atoms with E-state index in [2.05, 4.69) is 5.92 Å². The minimum Gasteiger partial charge on any atom is -0.373 e. The van der Waals surface area contributed by atoms with Crippen molar-refractivity contribution in [2.24, 2.45) is 0 Å². The average Bonchev–Trinajstić information content (AvgIpc) is 2.45. The van der Waals surface area contributed by atoms with E-state index >= 15 is 0 Å². The fourth-order valence-electron chi connectivity index (χ4n) is 2.42. The number of ether oxygens (including phenoxy) is 1. The van der Waals surface area contributed by atoms with E-state index in [1.54, 1.807) is 24.3 Å². The van der Waals surface area contributed by atoms with Crippen LogP contribution in [-0.4, -0.2) is 45.1 Å². The Kier molecular flexibility index (Phi) is 4.57. The van der Waals surface area contributed by atoms with Gasteiger partial charge in [-0.1, -0.05) is 12.0 Å². The fraction of sp³-hybridized carbons (Fsp3) is 0.467. The highest BCUT2D eigenvalue weighted by atomic mass is 32.2. The molecule has 5 nitrogen and oxygen atoms in total. The van der Waals surface area contributed by atoms with E-state index in [1.165, 1.54) is 15.7 Å². The van der Waals surface area contributed by atoms with Gasteiger partial charge in [-0.05, 0) is 32.0 Å². The van der Waals surface area contributed by atoms with E-state index in [1.807, 2.05) is 13.8 Å². The molecular formula is C15H20N2O3S. The summed E-state index contributed by atoms with van der Waals surface area (Å²) in [6.07, 6.45) is 5.13. The van der Waals surface area contributed by atoms with Crippen LogP contribution in [0.1, 0.15) is 19.4 Å². The first-order valence-corrected chi connectivity index (χ1v) is 8.20. The first-order valence-electron chi connectivity index (χ1n) is 6.80. The Morgan fingerprint density at radius 3 is 2.52 bits per heavy atom. The molecule has 0 aromatic heterocycles. The molecule has 1 heterocycles. The highest BCUT2D eigenvalue weighted by Gasteiger charge is 2.33. The predicted molar refractivity (Wildman–Crippen MR) is 83.3 cm³/mol. The maximum atomic E-state index is 12.7. The molecule has 0 spiro atoms. The molecule has 1 aliphatic rings. The van der Waals surface area contributed by atoms with Gasteiger partial charge in [0, 0.05) is 25.7 Å². The number of hydrogen-bond donors (Lipinski definition) is 0. The molecule has 1 fully saturated rings. The highest BCUT2D eigenvalue weighted by molar-refractivity contribution is 7.90. The SMILES string of the molecule is C#Cc1cccc(N(C)S(=O)(=O)N2C[C@@H](C)O[C@@H](C)C2)c1. The molecule has 1 aromatic carbocycles. The molecule has 6 heteroatoms. The summed E-state index contributed by atoms with van der Waals surface area (Å²) in [5.74, 6) is 2.51. The molecule has 1 aliphatic heterocycles. The van der Waals surface area contributed by atoms with Crippen molar-refractivity contribution in [3.05, 3.63) is 29.8 Å². The quantitative estimate of drug-likeness (QED) is 0.794. The Labute approximate surface area is 126 Å². The van der Waals surface area contributed by atoms with Gasteiger partial charge in [0.05, 0.1) is 17.9 Å². The smallest absolute Gasteiger partial charge is 0.304 e. The van der Waals surface area contributed by atoms with Crippen molar-refractivity contribution in [3.8, 4) is 12.3 Å². The van der Waals surface area contributed by atoms with Crippen LogP contribution in [0.25, 0.3) is 0 Å². The van der Waals surface area contributed by atoms with Gasteiger partial charge in [0.15, 0.2) is 0 Å². The zero-order valence-electron chi connectivity index (χ0n) is 12.5. The van der Waals surface area contributed by atoms with Gasteiger partial charge in [-0.25, -0.2) is 0 Å². The predicted octanol–water partition coefficient (Wildman–Crippen LogP) is 1.46. The number of benzene rings is 1. The van der Waals surface area contributed by atoms with E-state index in [9.17, 15) is 8.42 Å². The largest absolute Gasteiger partial charge is 0.373 e. The van der Waals surface area contributed by atoms with Crippen LogP contribution in [0.4, 0.5) is 5.69 Å². The number of morpholine rings is 1. The third kappa shape index (κ3) is 3.38. The van der Waals surface area contributed by atoms with Crippen molar-refractivity contribution < 1.29 is 13.2 Å². The van der Waals surface area contributed by atoms with E-state index in [0.717, 1.165) is 0 Å². The van der Waals surface area contributed by atoms with E-state index < -0.39 is 10.2 Å². The van der Waals surface area contributed by atoms with Gasteiger partial charge in [-0.15, -0.1) is 6.42 Å². The molecule has 0 radical (unpaired) electrons. The monoisotopic (exact) mass is 308 g/mol. The lowest BCUT2D eigenvalue weighted by Crippen LogP contribution is -2.52. The van der Waals surface area contributed by atoms with Gasteiger partial charge in [-0.3, -0.25) is 4.31 Å². The zero-order chi connectivity index (χ0) is 15.6. The maximum absolute atomic E-state index is 12.7. The molecule has 21 heavy (non-hydrogen) atoms. The lowest BCUT2D eigenvalue weighted by molar-refractivity contribution is -0.0441. The summed E-state index contributed by atoms with van der Waals surface area (Å²) in [4.78, 5) is 0. The molecule has 0 saturated carbocycles. The second kappa shape index (κ2) is 6.06. The van der Waals surface area contributed by atoms with Crippen LogP contribution in [0.15, 0.2) is 24.3 Å². The molecule has 0 bridgehead atoms. The van der Waals surface area contributed by atoms with E-state index in [4.69, 9.17) is 11.2 Å². The van der Waals surface area contributed by atoms with Crippen molar-refractivity contribution in [1.82, 2.24) is 4.31 Å². The normalized spacial score (nSPS) is 23.5. The standard InChI is InChI=1S/C15H20N2O3S/c1-5-14-7-6-8-15(9-14)16(4)21(18,19)17-10-12(2)20-13(3)11-17/h1,6-9,12-13H,10-11H2,2-4H3/t12-,13+. The molecule has 0 unspecified atom stereocenters. The Morgan fingerprint density at radius 2 is 1.95 bits per heavy atom. The molecule has 0 N–H and O–H groups in total. The van der Waals surface area contributed by atoms with Crippen LogP contribution in [-0.2, 0) is 14.9 Å². The molecule has 2 rings (SSSR count). The Morgan fingerprint density at radius 1 is 1.33 bits per heavy atom. The van der Waals surface area contributed by atoms with Gasteiger partial charge in [-0.2, -0.15) is 12.7 Å². The summed E-state index contributed by atoms with van der Waals surface area (Å²) in [7, 11) is -2.05. The first-order chi connectivity index (χ1) is 9.84. The summed E-state index contributed by atoms with van der Waals surface area (Å²) in [6.45, 7) is 4.45. The summed E-state index contributed by atoms with van der Waals surface area (Å²) < 4.78 is 33.7. The first kappa shape index (κ1) is 15.8. The lowest BCUT2D eigenvalue weighted by atomic mass is 10.2. The molecule has 114 valence electrons. The van der Waals surface area contributed by atoms with E-state index in [-0.39, 0.29) is 12.2 Å². The fourth-order valence-corrected chi connectivity index (χ4v) is 3.94. The Hall–Kier alpha value is -1.55. The van der Waals surface area contributed by atoms with Crippen molar-refractivity contribution >= 4 is 15.9 Å². The van der Waals surface area contributed by atoms with Gasteiger partial charge >= 0.3 is 10.2 Å². The average molecular weight is 308 g/mol. The third-order valence-corrected chi connectivity index (χ3v) is 5.29. The van der Waals surface area contributed by atoms with Crippen LogP contribution in [0.5, 0.6) is 0 Å². The van der Waals surface area contributed by atoms with E-state index in [0.29, 0.717) is 24.3 Å². The minimum atomic E-state index is -3.59. The number of anilines is 1. The summed E-state index contributed by atoms with van der Waals surface area (Å²) in [5, 5.41) is 0. The molecule has 0 amide bonds. The van der Waals surface area contributed by atoms with Crippen molar-refractivity contribution in [1.29, 1.82) is 0 Å². The Bertz CT molecular complexity index is 641. The highest BCUT2D eigenvalue weighted by Crippen LogP contribution is 2.22. The number of terminal acetylenes is 1. The summed E-state index contributed by atoms with van der Waals surface area (Å²) in [5.41, 5.74) is 1.20. The number of hydrogen-bond acceptors (Lipinski definition) is 3. The number of nitrogens with zero attached hydrogens (tertiary/aromatic N) is 2. The summed E-state index contributed by atoms with van der Waals surface area (Å²) >= 11 is 0. The van der Waals surface area contributed by atoms with Gasteiger partial charge in [0.25, 0.3) is 0 Å². The van der Waals surface area contributed by atoms with Crippen LogP contribution in [0.2, 0.25) is 0 Å².